The third kappa shape index (κ3) is 2.52. The number of nitrogens with one attached hydrogen (secondary N) is 1. The van der Waals surface area contributed by atoms with E-state index in [1.54, 1.807) is 22.5 Å². The van der Waals surface area contributed by atoms with Crippen LogP contribution in [-0.2, 0) is 10.0 Å². The van der Waals surface area contributed by atoms with Crippen LogP contribution in [0.25, 0.3) is 0 Å². The van der Waals surface area contributed by atoms with Crippen molar-refractivity contribution in [2.24, 2.45) is 5.92 Å². The average molecular weight is 380 g/mol. The molecule has 0 amide bonds. The highest BCUT2D eigenvalue weighted by atomic mass is 79.9. The average Bonchev–Trinajstić information content (AvgIpc) is 2.85. The van der Waals surface area contributed by atoms with Gasteiger partial charge in [-0.2, -0.15) is 4.31 Å². The van der Waals surface area contributed by atoms with Crippen LogP contribution in [0.15, 0.2) is 27.6 Å². The molecule has 2 heterocycles. The van der Waals surface area contributed by atoms with Crippen LogP contribution in [0.3, 0.4) is 0 Å². The number of hydrogen-bond donors (Lipinski definition) is 1. The van der Waals surface area contributed by atoms with Gasteiger partial charge in [-0.05, 0) is 53.4 Å². The molecule has 1 aromatic carbocycles. The third-order valence-electron chi connectivity index (χ3n) is 4.14. The predicted molar refractivity (Wildman–Crippen MR) is 82.4 cm³/mol. The number of rotatable bonds is 2. The van der Waals surface area contributed by atoms with Crippen molar-refractivity contribution >= 4 is 37.6 Å². The summed E-state index contributed by atoms with van der Waals surface area (Å²) in [6.07, 6.45) is 1.91. The molecule has 20 heavy (non-hydrogen) atoms. The second kappa shape index (κ2) is 5.57. The lowest BCUT2D eigenvalue weighted by Gasteiger charge is -2.34. The number of nitrogens with zero attached hydrogens (tertiary/aromatic N) is 1. The topological polar surface area (TPSA) is 49.4 Å². The summed E-state index contributed by atoms with van der Waals surface area (Å²) in [4.78, 5) is 0.186. The van der Waals surface area contributed by atoms with Crippen LogP contribution >= 0.6 is 27.5 Å². The van der Waals surface area contributed by atoms with Crippen molar-refractivity contribution in [3.8, 4) is 0 Å². The summed E-state index contributed by atoms with van der Waals surface area (Å²) in [6.45, 7) is 2.12. The summed E-state index contributed by atoms with van der Waals surface area (Å²) in [7, 11) is -3.54. The molecule has 4 nitrogen and oxygen atoms in total. The molecule has 2 fully saturated rings. The number of halogens is 2. The Labute approximate surface area is 132 Å². The second-order valence-electron chi connectivity index (χ2n) is 5.31. The summed E-state index contributed by atoms with van der Waals surface area (Å²) >= 11 is 9.40. The molecule has 0 saturated carbocycles. The Morgan fingerprint density at radius 2 is 2.15 bits per heavy atom. The molecule has 2 saturated heterocycles. The van der Waals surface area contributed by atoms with Gasteiger partial charge >= 0.3 is 0 Å². The van der Waals surface area contributed by atoms with Crippen LogP contribution < -0.4 is 5.32 Å². The van der Waals surface area contributed by atoms with Crippen LogP contribution in [0, 0.1) is 5.92 Å². The van der Waals surface area contributed by atoms with Crippen molar-refractivity contribution in [1.82, 2.24) is 9.62 Å². The summed E-state index contributed by atoms with van der Waals surface area (Å²) in [5, 5.41) is 3.71. The minimum Gasteiger partial charge on any atom is -0.314 e. The lowest BCUT2D eigenvalue weighted by atomic mass is 9.95. The minimum atomic E-state index is -3.54. The SMILES string of the molecule is O=S(=O)(c1c(Cl)cccc1Br)N1CCC2NCCC2C1. The Morgan fingerprint density at radius 3 is 2.90 bits per heavy atom. The van der Waals surface area contributed by atoms with Gasteiger partial charge in [-0.15, -0.1) is 0 Å². The van der Waals surface area contributed by atoms with Crippen molar-refractivity contribution in [3.63, 3.8) is 0 Å². The first-order valence-corrected chi connectivity index (χ1v) is 9.29. The molecule has 0 spiro atoms. The van der Waals surface area contributed by atoms with Crippen molar-refractivity contribution < 1.29 is 8.42 Å². The van der Waals surface area contributed by atoms with Crippen LogP contribution in [-0.4, -0.2) is 38.4 Å². The summed E-state index contributed by atoms with van der Waals surface area (Å²) in [5.74, 6) is 0.416. The summed E-state index contributed by atoms with van der Waals surface area (Å²) < 4.78 is 27.7. The molecule has 2 unspecified atom stereocenters. The second-order valence-corrected chi connectivity index (χ2v) is 8.45. The molecule has 2 aliphatic rings. The Morgan fingerprint density at radius 1 is 1.35 bits per heavy atom. The molecule has 3 rings (SSSR count). The molecule has 110 valence electrons. The quantitative estimate of drug-likeness (QED) is 0.859. The highest BCUT2D eigenvalue weighted by Crippen LogP contribution is 2.34. The first-order valence-electron chi connectivity index (χ1n) is 6.67. The normalized spacial score (nSPS) is 27.5. The van der Waals surface area contributed by atoms with Crippen LogP contribution in [0.4, 0.5) is 0 Å². The number of benzene rings is 1. The maximum atomic E-state index is 12.8. The Bertz CT molecular complexity index is 603. The number of piperidine rings is 1. The highest BCUT2D eigenvalue weighted by molar-refractivity contribution is 9.10. The maximum absolute atomic E-state index is 12.8. The molecule has 0 aromatic heterocycles. The van der Waals surface area contributed by atoms with Gasteiger partial charge < -0.3 is 5.32 Å². The van der Waals surface area contributed by atoms with E-state index in [-0.39, 0.29) is 9.92 Å². The fourth-order valence-electron chi connectivity index (χ4n) is 3.09. The Hall–Kier alpha value is -0.140. The first kappa shape index (κ1) is 14.8. The number of fused-ring (bicyclic) bond motifs is 1. The monoisotopic (exact) mass is 378 g/mol. The van der Waals surface area contributed by atoms with Gasteiger partial charge in [-0.3, -0.25) is 0 Å². The third-order valence-corrected chi connectivity index (χ3v) is 7.45. The highest BCUT2D eigenvalue weighted by Gasteiger charge is 2.38. The van der Waals surface area contributed by atoms with E-state index in [9.17, 15) is 8.42 Å². The van der Waals surface area contributed by atoms with E-state index in [0.717, 1.165) is 19.4 Å². The van der Waals surface area contributed by atoms with E-state index in [1.807, 2.05) is 0 Å². The van der Waals surface area contributed by atoms with E-state index >= 15 is 0 Å². The number of sulfonamides is 1. The van der Waals surface area contributed by atoms with Gasteiger partial charge in [-0.1, -0.05) is 17.7 Å². The molecular weight excluding hydrogens is 364 g/mol. The summed E-state index contributed by atoms with van der Waals surface area (Å²) in [6, 6.07) is 5.53. The fraction of sp³-hybridized carbons (Fsp3) is 0.538. The van der Waals surface area contributed by atoms with Crippen molar-refractivity contribution in [3.05, 3.63) is 27.7 Å². The standard InChI is InChI=1S/C13H16BrClN2O2S/c14-10-2-1-3-11(15)13(10)20(18,19)17-7-5-12-9(8-17)4-6-16-12/h1-3,9,12,16H,4-8H2. The largest absolute Gasteiger partial charge is 0.314 e. The van der Waals surface area contributed by atoms with Gasteiger partial charge in [0.25, 0.3) is 0 Å². The van der Waals surface area contributed by atoms with Gasteiger partial charge in [0.15, 0.2) is 0 Å². The van der Waals surface area contributed by atoms with E-state index in [4.69, 9.17) is 11.6 Å². The van der Waals surface area contributed by atoms with Gasteiger partial charge in [0.05, 0.1) is 5.02 Å². The zero-order valence-corrected chi connectivity index (χ0v) is 14.0. The molecular formula is C13H16BrClN2O2S. The van der Waals surface area contributed by atoms with E-state index in [1.165, 1.54) is 0 Å². The van der Waals surface area contributed by atoms with Gasteiger partial charge in [0, 0.05) is 23.6 Å². The van der Waals surface area contributed by atoms with E-state index < -0.39 is 10.0 Å². The fourth-order valence-corrected chi connectivity index (χ4v) is 6.27. The van der Waals surface area contributed by atoms with Gasteiger partial charge in [-0.25, -0.2) is 8.42 Å². The molecule has 0 bridgehead atoms. The summed E-state index contributed by atoms with van der Waals surface area (Å²) in [5.41, 5.74) is 0. The lowest BCUT2D eigenvalue weighted by Crippen LogP contribution is -2.46. The maximum Gasteiger partial charge on any atom is 0.245 e. The first-order chi connectivity index (χ1) is 9.50. The Balaban J connectivity index is 1.92. The van der Waals surface area contributed by atoms with Crippen LogP contribution in [0.5, 0.6) is 0 Å². The number of hydrogen-bond acceptors (Lipinski definition) is 3. The molecule has 1 aromatic rings. The van der Waals surface area contributed by atoms with Gasteiger partial charge in [0.2, 0.25) is 10.0 Å². The van der Waals surface area contributed by atoms with Crippen molar-refractivity contribution in [2.75, 3.05) is 19.6 Å². The lowest BCUT2D eigenvalue weighted by molar-refractivity contribution is 0.247. The van der Waals surface area contributed by atoms with Gasteiger partial charge in [0.1, 0.15) is 4.90 Å². The smallest absolute Gasteiger partial charge is 0.245 e. The molecule has 2 aliphatic heterocycles. The zero-order valence-electron chi connectivity index (χ0n) is 10.9. The molecule has 7 heteroatoms. The zero-order chi connectivity index (χ0) is 14.3. The molecule has 0 aliphatic carbocycles. The molecule has 1 N–H and O–H groups in total. The van der Waals surface area contributed by atoms with Crippen molar-refractivity contribution in [1.29, 1.82) is 0 Å². The minimum absolute atomic E-state index is 0.186. The molecule has 0 radical (unpaired) electrons. The Kier molecular flexibility index (Phi) is 4.12. The molecule has 2 atom stereocenters. The van der Waals surface area contributed by atoms with Crippen molar-refractivity contribution in [2.45, 2.75) is 23.8 Å². The van der Waals surface area contributed by atoms with Crippen LogP contribution in [0.1, 0.15) is 12.8 Å². The van der Waals surface area contributed by atoms with E-state index in [2.05, 4.69) is 21.2 Å². The van der Waals surface area contributed by atoms with Crippen LogP contribution in [0.2, 0.25) is 5.02 Å². The predicted octanol–water partition coefficient (Wildman–Crippen LogP) is 2.48. The van der Waals surface area contributed by atoms with E-state index in [0.29, 0.717) is 29.5 Å².